The molecule has 1 amide bonds. The smallest absolute Gasteiger partial charge is 0.340 e. The van der Waals surface area contributed by atoms with Gasteiger partial charge in [0, 0.05) is 35.4 Å². The number of nitrogens with one attached hydrogen (secondary N) is 1. The van der Waals surface area contributed by atoms with Gasteiger partial charge in [0.25, 0.3) is 0 Å². The Hall–Kier alpha value is -3.55. The fourth-order valence-electron chi connectivity index (χ4n) is 3.75. The minimum absolute atomic E-state index is 0.265. The summed E-state index contributed by atoms with van der Waals surface area (Å²) in [5.74, 6) is 0.404. The average Bonchev–Trinajstić information content (AvgIpc) is 3.34. The SMILES string of the molecule is CCOC(=O)c1cc(NC(=O)C=Cc2ccc(-c3ccc(C)c(Cl)c3)o2)ccc1N1CCOCC1. The summed E-state index contributed by atoms with van der Waals surface area (Å²) in [6.45, 7) is 6.51. The summed E-state index contributed by atoms with van der Waals surface area (Å²) in [5, 5.41) is 3.46. The third-order valence-electron chi connectivity index (χ3n) is 5.59. The molecule has 0 bridgehead atoms. The summed E-state index contributed by atoms with van der Waals surface area (Å²) in [7, 11) is 0. The molecule has 1 aliphatic rings. The number of carbonyl (C=O) groups is 2. The molecule has 1 saturated heterocycles. The van der Waals surface area contributed by atoms with E-state index in [4.69, 9.17) is 25.5 Å². The van der Waals surface area contributed by atoms with Crippen molar-refractivity contribution in [2.45, 2.75) is 13.8 Å². The normalized spacial score (nSPS) is 13.7. The Morgan fingerprint density at radius 2 is 1.91 bits per heavy atom. The molecule has 0 atom stereocenters. The number of benzene rings is 2. The number of halogens is 1. The number of anilines is 2. The van der Waals surface area contributed by atoms with Gasteiger partial charge in [-0.3, -0.25) is 4.79 Å². The van der Waals surface area contributed by atoms with E-state index in [1.165, 1.54) is 6.08 Å². The molecule has 0 radical (unpaired) electrons. The molecule has 0 aliphatic carbocycles. The summed E-state index contributed by atoms with van der Waals surface area (Å²) < 4.78 is 16.5. The van der Waals surface area contributed by atoms with E-state index < -0.39 is 5.97 Å². The summed E-state index contributed by atoms with van der Waals surface area (Å²) in [5.41, 5.74) is 3.51. The second kappa shape index (κ2) is 11.3. The molecule has 8 heteroatoms. The standard InChI is InChI=1S/C27H27ClN2O5/c1-3-34-27(32)22-17-20(6-9-24(22)30-12-14-33-15-13-30)29-26(31)11-8-21-7-10-25(35-21)19-5-4-18(2)23(28)16-19/h4-11,16-17H,3,12-15H2,1-2H3,(H,29,31). The van der Waals surface area contributed by atoms with Crippen LogP contribution in [0.3, 0.4) is 0 Å². The summed E-state index contributed by atoms with van der Waals surface area (Å²) >= 11 is 6.21. The number of nitrogens with zero attached hydrogens (tertiary/aromatic N) is 1. The van der Waals surface area contributed by atoms with Gasteiger partial charge in [-0.2, -0.15) is 0 Å². The molecule has 7 nitrogen and oxygen atoms in total. The number of hydrogen-bond donors (Lipinski definition) is 1. The van der Waals surface area contributed by atoms with Gasteiger partial charge in [0.2, 0.25) is 5.91 Å². The zero-order chi connectivity index (χ0) is 24.8. The topological polar surface area (TPSA) is 81.0 Å². The van der Waals surface area contributed by atoms with Crippen molar-refractivity contribution in [1.29, 1.82) is 0 Å². The number of furan rings is 1. The van der Waals surface area contributed by atoms with Crippen molar-refractivity contribution in [2.24, 2.45) is 0 Å². The van der Waals surface area contributed by atoms with Gasteiger partial charge in [-0.05, 0) is 61.9 Å². The molecule has 4 rings (SSSR count). The number of ether oxygens (including phenoxy) is 2. The minimum Gasteiger partial charge on any atom is -0.462 e. The molecular formula is C27H27ClN2O5. The zero-order valence-electron chi connectivity index (χ0n) is 19.7. The third kappa shape index (κ3) is 6.12. The lowest BCUT2D eigenvalue weighted by Crippen LogP contribution is -2.37. The molecular weight excluding hydrogens is 468 g/mol. The van der Waals surface area contributed by atoms with Gasteiger partial charge in [0.1, 0.15) is 11.5 Å². The molecule has 0 saturated carbocycles. The molecule has 1 aromatic heterocycles. The number of amides is 1. The first kappa shape index (κ1) is 24.6. The van der Waals surface area contributed by atoms with E-state index in [2.05, 4.69) is 10.2 Å². The lowest BCUT2D eigenvalue weighted by molar-refractivity contribution is -0.111. The zero-order valence-corrected chi connectivity index (χ0v) is 20.4. The van der Waals surface area contributed by atoms with Crippen molar-refractivity contribution in [3.8, 4) is 11.3 Å². The number of morpholine rings is 1. The first-order valence-corrected chi connectivity index (χ1v) is 11.8. The Kier molecular flexibility index (Phi) is 7.90. The monoisotopic (exact) mass is 494 g/mol. The number of aryl methyl sites for hydroxylation is 1. The van der Waals surface area contributed by atoms with Crippen LogP contribution in [0.25, 0.3) is 17.4 Å². The van der Waals surface area contributed by atoms with Crippen molar-refractivity contribution in [3.63, 3.8) is 0 Å². The first-order chi connectivity index (χ1) is 16.9. The van der Waals surface area contributed by atoms with Crippen LogP contribution < -0.4 is 10.2 Å². The summed E-state index contributed by atoms with van der Waals surface area (Å²) in [6.07, 6.45) is 2.97. The van der Waals surface area contributed by atoms with Crippen LogP contribution in [0.2, 0.25) is 5.02 Å². The largest absolute Gasteiger partial charge is 0.462 e. The van der Waals surface area contributed by atoms with Crippen LogP contribution in [0, 0.1) is 6.92 Å². The molecule has 1 fully saturated rings. The van der Waals surface area contributed by atoms with E-state index in [1.807, 2.05) is 37.3 Å². The predicted octanol–water partition coefficient (Wildman–Crippen LogP) is 5.57. The van der Waals surface area contributed by atoms with Crippen LogP contribution in [0.15, 0.2) is 59.0 Å². The summed E-state index contributed by atoms with van der Waals surface area (Å²) in [6, 6.07) is 14.5. The highest BCUT2D eigenvalue weighted by Crippen LogP contribution is 2.28. The summed E-state index contributed by atoms with van der Waals surface area (Å²) in [4.78, 5) is 27.2. The second-order valence-electron chi connectivity index (χ2n) is 8.04. The molecule has 182 valence electrons. The molecule has 2 heterocycles. The number of esters is 1. The van der Waals surface area contributed by atoms with Crippen molar-refractivity contribution in [3.05, 3.63) is 76.5 Å². The van der Waals surface area contributed by atoms with Crippen LogP contribution in [0.5, 0.6) is 0 Å². The van der Waals surface area contributed by atoms with Crippen molar-refractivity contribution in [1.82, 2.24) is 0 Å². The van der Waals surface area contributed by atoms with Gasteiger partial charge < -0.3 is 24.1 Å². The van der Waals surface area contributed by atoms with E-state index in [1.54, 1.807) is 31.2 Å². The molecule has 3 aromatic rings. The quantitative estimate of drug-likeness (QED) is 0.341. The molecule has 0 unspecified atom stereocenters. The van der Waals surface area contributed by atoms with Crippen LogP contribution >= 0.6 is 11.6 Å². The van der Waals surface area contributed by atoms with Crippen LogP contribution in [-0.4, -0.2) is 44.8 Å². The lowest BCUT2D eigenvalue weighted by Gasteiger charge is -2.30. The van der Waals surface area contributed by atoms with Gasteiger partial charge in [-0.25, -0.2) is 4.79 Å². The van der Waals surface area contributed by atoms with Crippen LogP contribution in [-0.2, 0) is 14.3 Å². The third-order valence-corrected chi connectivity index (χ3v) is 6.00. The second-order valence-corrected chi connectivity index (χ2v) is 8.45. The van der Waals surface area contributed by atoms with Crippen molar-refractivity contribution in [2.75, 3.05) is 43.1 Å². The van der Waals surface area contributed by atoms with Crippen molar-refractivity contribution >= 4 is 40.9 Å². The van der Waals surface area contributed by atoms with Crippen LogP contribution in [0.1, 0.15) is 28.6 Å². The maximum atomic E-state index is 12.6. The van der Waals surface area contributed by atoms with E-state index in [0.29, 0.717) is 54.1 Å². The lowest BCUT2D eigenvalue weighted by atomic mass is 10.1. The van der Waals surface area contributed by atoms with Gasteiger partial charge in [0.15, 0.2) is 0 Å². The van der Waals surface area contributed by atoms with Gasteiger partial charge >= 0.3 is 5.97 Å². The van der Waals surface area contributed by atoms with E-state index >= 15 is 0 Å². The van der Waals surface area contributed by atoms with E-state index in [-0.39, 0.29) is 12.5 Å². The highest BCUT2D eigenvalue weighted by molar-refractivity contribution is 6.31. The molecule has 2 aromatic carbocycles. The molecule has 35 heavy (non-hydrogen) atoms. The maximum Gasteiger partial charge on any atom is 0.340 e. The number of hydrogen-bond acceptors (Lipinski definition) is 6. The molecule has 0 spiro atoms. The van der Waals surface area contributed by atoms with E-state index in [9.17, 15) is 9.59 Å². The number of rotatable bonds is 7. The fraction of sp³-hybridized carbons (Fsp3) is 0.259. The highest BCUT2D eigenvalue weighted by Gasteiger charge is 2.20. The fourth-order valence-corrected chi connectivity index (χ4v) is 3.93. The van der Waals surface area contributed by atoms with Gasteiger partial charge in [-0.1, -0.05) is 23.7 Å². The average molecular weight is 495 g/mol. The maximum absolute atomic E-state index is 12.6. The van der Waals surface area contributed by atoms with Gasteiger partial charge in [0.05, 0.1) is 31.1 Å². The Bertz CT molecular complexity index is 1240. The predicted molar refractivity (Wildman–Crippen MR) is 137 cm³/mol. The highest BCUT2D eigenvalue weighted by atomic mass is 35.5. The van der Waals surface area contributed by atoms with Gasteiger partial charge in [-0.15, -0.1) is 0 Å². The minimum atomic E-state index is -0.431. The Labute approximate surface area is 209 Å². The molecule has 1 N–H and O–H groups in total. The Balaban J connectivity index is 1.46. The van der Waals surface area contributed by atoms with Crippen molar-refractivity contribution < 1.29 is 23.5 Å². The van der Waals surface area contributed by atoms with Crippen LogP contribution in [0.4, 0.5) is 11.4 Å². The molecule has 1 aliphatic heterocycles. The Morgan fingerprint density at radius 1 is 1.11 bits per heavy atom. The van der Waals surface area contributed by atoms with E-state index in [0.717, 1.165) is 16.8 Å². The first-order valence-electron chi connectivity index (χ1n) is 11.4. The number of carbonyl (C=O) groups excluding carboxylic acids is 2. The Morgan fingerprint density at radius 3 is 2.66 bits per heavy atom.